The van der Waals surface area contributed by atoms with Crippen molar-refractivity contribution in [2.75, 3.05) is 0 Å². The molecular weight excluding hydrogens is 651 g/mol. The van der Waals surface area contributed by atoms with Crippen LogP contribution in [0.2, 0.25) is 0 Å². The van der Waals surface area contributed by atoms with Gasteiger partial charge in [0.1, 0.15) is 11.4 Å². The molecule has 5 nitrogen and oxygen atoms in total. The van der Waals surface area contributed by atoms with E-state index >= 15 is 0 Å². The Morgan fingerprint density at radius 2 is 1.21 bits per heavy atom. The van der Waals surface area contributed by atoms with E-state index in [9.17, 15) is 5.11 Å². The van der Waals surface area contributed by atoms with Crippen LogP contribution in [0.1, 0.15) is 52.7 Å². The van der Waals surface area contributed by atoms with E-state index in [4.69, 9.17) is 0 Å². The third-order valence-electron chi connectivity index (χ3n) is 6.51. The van der Waals surface area contributed by atoms with Gasteiger partial charge in [0.05, 0.1) is 5.69 Å². The van der Waals surface area contributed by atoms with E-state index in [0.29, 0.717) is 5.69 Å². The van der Waals surface area contributed by atoms with Crippen molar-refractivity contribution >= 4 is 0 Å². The molecule has 2 heterocycles. The van der Waals surface area contributed by atoms with Crippen LogP contribution in [-0.4, -0.2) is 14.2 Å². The van der Waals surface area contributed by atoms with E-state index in [1.807, 2.05) is 68.8 Å². The first-order valence-corrected chi connectivity index (χ1v) is 12.5. The Bertz CT molecular complexity index is 1530. The molecule has 0 saturated heterocycles. The van der Waals surface area contributed by atoms with Gasteiger partial charge in [0, 0.05) is 45.9 Å². The number of phenols is 1. The number of nitrogens with zero attached hydrogens (tertiary/aromatic N) is 4. The number of rotatable bonds is 4. The van der Waals surface area contributed by atoms with Crippen molar-refractivity contribution in [2.45, 2.75) is 52.4 Å². The number of hydrogen-bond donors (Lipinski definition) is 1. The number of hydrogen-bond acceptors (Lipinski definition) is 1. The van der Waals surface area contributed by atoms with E-state index < -0.39 is 0 Å². The molecule has 0 bridgehead atoms. The van der Waals surface area contributed by atoms with Gasteiger partial charge >= 0.3 is 0 Å². The molecule has 5 aromatic rings. The monoisotopic (exact) mass is 684 g/mol. The summed E-state index contributed by atoms with van der Waals surface area (Å²) in [4.78, 5) is 0. The number of para-hydroxylation sites is 2. The van der Waals surface area contributed by atoms with Crippen LogP contribution >= 0.6 is 0 Å². The van der Waals surface area contributed by atoms with E-state index in [2.05, 4.69) is 78.5 Å². The molecule has 0 atom stereocenters. The van der Waals surface area contributed by atoms with Crippen LogP contribution in [-0.2, 0) is 31.9 Å². The summed E-state index contributed by atoms with van der Waals surface area (Å²) in [6.45, 7) is 13.5. The van der Waals surface area contributed by atoms with Crippen LogP contribution in [0, 0.1) is 18.7 Å². The number of benzene rings is 3. The average Bonchev–Trinajstić information content (AvgIpc) is 3.54. The van der Waals surface area contributed by atoms with E-state index in [1.54, 1.807) is 16.7 Å². The van der Waals surface area contributed by atoms with Crippen molar-refractivity contribution in [1.29, 1.82) is 0 Å². The quantitative estimate of drug-likeness (QED) is 0.197. The van der Waals surface area contributed by atoms with Gasteiger partial charge in [-0.2, -0.15) is 24.3 Å². The first-order valence-electron chi connectivity index (χ1n) is 12.5. The van der Waals surface area contributed by atoms with Crippen LogP contribution < -0.4 is 9.13 Å². The third kappa shape index (κ3) is 5.68. The average molecular weight is 685 g/mol. The summed E-state index contributed by atoms with van der Waals surface area (Å²) in [5.74, 6) is 0.205. The van der Waals surface area contributed by atoms with Gasteiger partial charge in [-0.1, -0.05) is 71.1 Å². The molecule has 0 amide bonds. The zero-order valence-electron chi connectivity index (χ0n) is 22.6. The first-order chi connectivity index (χ1) is 17.5. The minimum absolute atomic E-state index is 0. The summed E-state index contributed by atoms with van der Waals surface area (Å²) in [6, 6.07) is 23.5. The maximum atomic E-state index is 10.2. The molecule has 0 fully saturated rings. The topological polar surface area (TPSA) is 37.8 Å². The molecule has 0 spiro atoms. The molecule has 0 aliphatic rings. The zero-order chi connectivity index (χ0) is 26.4. The largest absolute Gasteiger partial charge is 0.511 e. The van der Waals surface area contributed by atoms with Gasteiger partial charge in [-0.25, -0.2) is 0 Å². The Kier molecular flexibility index (Phi) is 7.54. The van der Waals surface area contributed by atoms with Crippen LogP contribution in [0.3, 0.4) is 0 Å². The molecule has 6 heteroatoms. The second-order valence-electron chi connectivity index (χ2n) is 11.5. The SMILES string of the molecule is CC(C)(C)c1cc(-[n+]2[c-]n(-c3[c-]c(-n4[c-][n+](-c5ccccc5O)cc4)ccc3)cc2)cc(C(C)(C)C)c1.[Pt]. The van der Waals surface area contributed by atoms with Crippen LogP contribution in [0.4, 0.5) is 0 Å². The van der Waals surface area contributed by atoms with E-state index in [-0.39, 0.29) is 37.6 Å². The van der Waals surface area contributed by atoms with Crippen molar-refractivity contribution < 1.29 is 35.3 Å². The van der Waals surface area contributed by atoms with Gasteiger partial charge in [-0.3, -0.25) is 9.13 Å². The minimum Gasteiger partial charge on any atom is -0.511 e. The Balaban J connectivity index is 0.00000336. The van der Waals surface area contributed by atoms with Gasteiger partial charge in [-0.15, -0.1) is 0 Å². The summed E-state index contributed by atoms with van der Waals surface area (Å²) in [7, 11) is 0. The second-order valence-corrected chi connectivity index (χ2v) is 11.5. The molecule has 0 aliphatic heterocycles. The zero-order valence-corrected chi connectivity index (χ0v) is 24.9. The molecule has 0 unspecified atom stereocenters. The Morgan fingerprint density at radius 1 is 0.684 bits per heavy atom. The van der Waals surface area contributed by atoms with Gasteiger partial charge in [0.25, 0.3) is 12.7 Å². The normalized spacial score (nSPS) is 11.8. The van der Waals surface area contributed by atoms with Gasteiger partial charge in [-0.05, 0) is 46.2 Å². The van der Waals surface area contributed by atoms with Crippen LogP contribution in [0.15, 0.2) is 85.5 Å². The van der Waals surface area contributed by atoms with Crippen LogP contribution in [0.25, 0.3) is 22.7 Å². The van der Waals surface area contributed by atoms with Crippen molar-refractivity contribution in [3.63, 3.8) is 0 Å². The smallest absolute Gasteiger partial charge is 0.267 e. The molecule has 0 radical (unpaired) electrons. The molecule has 38 heavy (non-hydrogen) atoms. The van der Waals surface area contributed by atoms with Crippen molar-refractivity contribution in [2.24, 2.45) is 0 Å². The third-order valence-corrected chi connectivity index (χ3v) is 6.51. The van der Waals surface area contributed by atoms with Crippen LogP contribution in [0.5, 0.6) is 5.75 Å². The number of aromatic hydroxyl groups is 1. The maximum absolute atomic E-state index is 10.2. The predicted molar refractivity (Wildman–Crippen MR) is 144 cm³/mol. The molecular formula is C32H33N4OPt-. The minimum atomic E-state index is 0. The van der Waals surface area contributed by atoms with E-state index in [1.165, 1.54) is 11.1 Å². The standard InChI is InChI=1S/C32H33N4O.Pt/c1-31(2,3)24-18-25(32(4,5)6)20-28(19-24)35-15-14-33(22-35)26-10-9-11-27(21-26)34-16-17-36(23-34)29-12-7-8-13-30(29)37;/h7-20,37H,1-6H3;/q-1;. The summed E-state index contributed by atoms with van der Waals surface area (Å²) in [6.07, 6.45) is 14.5. The molecule has 2 aromatic heterocycles. The van der Waals surface area contributed by atoms with Gasteiger partial charge in [0.15, 0.2) is 0 Å². The van der Waals surface area contributed by atoms with E-state index in [0.717, 1.165) is 17.1 Å². The van der Waals surface area contributed by atoms with Gasteiger partial charge < -0.3 is 14.2 Å². The second kappa shape index (κ2) is 10.4. The Hall–Kier alpha value is -3.43. The Morgan fingerprint density at radius 3 is 1.76 bits per heavy atom. The summed E-state index contributed by atoms with van der Waals surface area (Å²) >= 11 is 0. The van der Waals surface area contributed by atoms with Crippen molar-refractivity contribution in [3.05, 3.63) is 115 Å². The Labute approximate surface area is 239 Å². The fourth-order valence-corrected chi connectivity index (χ4v) is 4.19. The number of aromatic nitrogens is 4. The molecule has 3 aromatic carbocycles. The maximum Gasteiger partial charge on any atom is 0.267 e. The fourth-order valence-electron chi connectivity index (χ4n) is 4.19. The summed E-state index contributed by atoms with van der Waals surface area (Å²) < 4.78 is 7.61. The fraction of sp³-hybridized carbons (Fsp3) is 0.250. The number of imidazole rings is 2. The van der Waals surface area contributed by atoms with Gasteiger partial charge in [0.2, 0.25) is 0 Å². The molecule has 198 valence electrons. The first kappa shape index (κ1) is 27.6. The number of phenolic OH excluding ortho intramolecular Hbond substituents is 1. The molecule has 5 rings (SSSR count). The van der Waals surface area contributed by atoms with Crippen molar-refractivity contribution in [1.82, 2.24) is 9.13 Å². The molecule has 0 aliphatic carbocycles. The molecule has 1 N–H and O–H groups in total. The summed E-state index contributed by atoms with van der Waals surface area (Å²) in [5, 5.41) is 10.2. The van der Waals surface area contributed by atoms with Crippen molar-refractivity contribution in [3.8, 4) is 28.5 Å². The predicted octanol–water partition coefficient (Wildman–Crippen LogP) is 5.52. The summed E-state index contributed by atoms with van der Waals surface area (Å²) in [5.41, 5.74) is 6.17. The molecule has 0 saturated carbocycles.